The van der Waals surface area contributed by atoms with Gasteiger partial charge in [-0.3, -0.25) is 9.48 Å². The molecule has 0 aliphatic heterocycles. The number of hydrogen-bond donors (Lipinski definition) is 2. The van der Waals surface area contributed by atoms with Crippen LogP contribution in [0.5, 0.6) is 0 Å². The Bertz CT molecular complexity index is 521. The van der Waals surface area contributed by atoms with E-state index >= 15 is 0 Å². The lowest BCUT2D eigenvalue weighted by atomic mass is 10.1. The van der Waals surface area contributed by atoms with E-state index < -0.39 is 0 Å². The van der Waals surface area contributed by atoms with Gasteiger partial charge < -0.3 is 11.1 Å². The zero-order valence-corrected chi connectivity index (χ0v) is 10.2. The molecule has 2 rings (SSSR count). The van der Waals surface area contributed by atoms with Crippen molar-refractivity contribution in [1.82, 2.24) is 15.1 Å². The van der Waals surface area contributed by atoms with Crippen molar-refractivity contribution in [1.29, 1.82) is 0 Å². The number of nitrogens with two attached hydrogens (primary N) is 1. The summed E-state index contributed by atoms with van der Waals surface area (Å²) in [6, 6.07) is 11.1. The summed E-state index contributed by atoms with van der Waals surface area (Å²) < 4.78 is 1.53. The molecule has 0 saturated heterocycles. The summed E-state index contributed by atoms with van der Waals surface area (Å²) >= 11 is 0. The van der Waals surface area contributed by atoms with Gasteiger partial charge in [0, 0.05) is 25.8 Å². The molecule has 1 unspecified atom stereocenters. The molecule has 1 aromatic carbocycles. The predicted molar refractivity (Wildman–Crippen MR) is 68.9 cm³/mol. The smallest absolute Gasteiger partial charge is 0.269 e. The first-order chi connectivity index (χ1) is 8.68. The molecular weight excluding hydrogens is 228 g/mol. The first-order valence-electron chi connectivity index (χ1n) is 5.75. The van der Waals surface area contributed by atoms with E-state index in [-0.39, 0.29) is 11.9 Å². The highest BCUT2D eigenvalue weighted by Crippen LogP contribution is 2.08. The van der Waals surface area contributed by atoms with E-state index in [0.29, 0.717) is 12.2 Å². The van der Waals surface area contributed by atoms with Gasteiger partial charge in [0.2, 0.25) is 0 Å². The zero-order valence-electron chi connectivity index (χ0n) is 10.2. The van der Waals surface area contributed by atoms with Crippen molar-refractivity contribution in [2.75, 3.05) is 6.54 Å². The molecule has 0 saturated carbocycles. The summed E-state index contributed by atoms with van der Waals surface area (Å²) in [5, 5.41) is 6.75. The standard InChI is InChI=1S/C13H16N4O/c1-17-12(7-8-16-17)13(18)15-9-11(14)10-5-3-2-4-6-10/h2-8,11H,9,14H2,1H3,(H,15,18). The van der Waals surface area contributed by atoms with Crippen LogP contribution in [0.3, 0.4) is 0 Å². The summed E-state index contributed by atoms with van der Waals surface area (Å²) in [6.45, 7) is 0.397. The molecule has 0 fully saturated rings. The Kier molecular flexibility index (Phi) is 3.74. The van der Waals surface area contributed by atoms with Crippen LogP contribution in [0.1, 0.15) is 22.1 Å². The Morgan fingerprint density at radius 2 is 2.11 bits per heavy atom. The van der Waals surface area contributed by atoms with Gasteiger partial charge >= 0.3 is 0 Å². The van der Waals surface area contributed by atoms with E-state index in [9.17, 15) is 4.79 Å². The molecule has 1 atom stereocenters. The van der Waals surface area contributed by atoms with Crippen LogP contribution in [0.4, 0.5) is 0 Å². The molecule has 0 aliphatic carbocycles. The number of nitrogens with one attached hydrogen (secondary N) is 1. The van der Waals surface area contributed by atoms with Gasteiger partial charge in [-0.15, -0.1) is 0 Å². The molecule has 94 valence electrons. The second kappa shape index (κ2) is 5.46. The molecule has 1 amide bonds. The van der Waals surface area contributed by atoms with Gasteiger partial charge in [-0.2, -0.15) is 5.10 Å². The Morgan fingerprint density at radius 1 is 1.39 bits per heavy atom. The van der Waals surface area contributed by atoms with Crippen molar-refractivity contribution >= 4 is 5.91 Å². The van der Waals surface area contributed by atoms with E-state index in [4.69, 9.17) is 5.73 Å². The first-order valence-corrected chi connectivity index (χ1v) is 5.75. The first kappa shape index (κ1) is 12.3. The van der Waals surface area contributed by atoms with Crippen molar-refractivity contribution in [3.63, 3.8) is 0 Å². The van der Waals surface area contributed by atoms with Crippen LogP contribution < -0.4 is 11.1 Å². The third kappa shape index (κ3) is 2.75. The molecule has 2 aromatic rings. The molecule has 0 spiro atoms. The van der Waals surface area contributed by atoms with Gasteiger partial charge in [-0.25, -0.2) is 0 Å². The molecule has 0 radical (unpaired) electrons. The highest BCUT2D eigenvalue weighted by Gasteiger charge is 2.11. The SMILES string of the molecule is Cn1nccc1C(=O)NCC(N)c1ccccc1. The minimum absolute atomic E-state index is 0.165. The lowest BCUT2D eigenvalue weighted by molar-refractivity contribution is 0.0942. The average Bonchev–Trinajstić information content (AvgIpc) is 2.83. The number of aromatic nitrogens is 2. The third-order valence-corrected chi connectivity index (χ3v) is 2.76. The van der Waals surface area contributed by atoms with Crippen molar-refractivity contribution in [3.05, 3.63) is 53.9 Å². The number of nitrogens with zero attached hydrogens (tertiary/aromatic N) is 2. The number of rotatable bonds is 4. The molecule has 1 heterocycles. The van der Waals surface area contributed by atoms with Crippen molar-refractivity contribution < 1.29 is 4.79 Å². The zero-order chi connectivity index (χ0) is 13.0. The van der Waals surface area contributed by atoms with Gasteiger partial charge in [0.1, 0.15) is 5.69 Å². The third-order valence-electron chi connectivity index (χ3n) is 2.76. The summed E-state index contributed by atoms with van der Waals surface area (Å²) in [5.41, 5.74) is 7.52. The minimum Gasteiger partial charge on any atom is -0.349 e. The highest BCUT2D eigenvalue weighted by atomic mass is 16.2. The van der Waals surface area contributed by atoms with Crippen LogP contribution >= 0.6 is 0 Å². The van der Waals surface area contributed by atoms with Gasteiger partial charge in [0.25, 0.3) is 5.91 Å². The van der Waals surface area contributed by atoms with Gasteiger partial charge in [0.05, 0.1) is 0 Å². The fourth-order valence-electron chi connectivity index (χ4n) is 1.71. The van der Waals surface area contributed by atoms with Gasteiger partial charge in [-0.05, 0) is 11.6 Å². The van der Waals surface area contributed by atoms with Gasteiger partial charge in [0.15, 0.2) is 0 Å². The van der Waals surface area contributed by atoms with E-state index in [1.807, 2.05) is 30.3 Å². The molecular formula is C13H16N4O. The summed E-state index contributed by atoms with van der Waals surface area (Å²) in [7, 11) is 1.73. The van der Waals surface area contributed by atoms with Crippen LogP contribution in [-0.2, 0) is 7.05 Å². The second-order valence-corrected chi connectivity index (χ2v) is 4.07. The average molecular weight is 244 g/mol. The fourth-order valence-corrected chi connectivity index (χ4v) is 1.71. The second-order valence-electron chi connectivity index (χ2n) is 4.07. The maximum Gasteiger partial charge on any atom is 0.269 e. The lowest BCUT2D eigenvalue weighted by Gasteiger charge is -2.13. The largest absolute Gasteiger partial charge is 0.349 e. The maximum absolute atomic E-state index is 11.8. The number of amides is 1. The van der Waals surface area contributed by atoms with Crippen LogP contribution in [0.25, 0.3) is 0 Å². The number of carbonyl (C=O) groups is 1. The number of carbonyl (C=O) groups excluding carboxylic acids is 1. The minimum atomic E-state index is -0.205. The number of aryl methyl sites for hydroxylation is 1. The van der Waals surface area contributed by atoms with Crippen LogP contribution in [0.15, 0.2) is 42.6 Å². The van der Waals surface area contributed by atoms with Gasteiger partial charge in [-0.1, -0.05) is 30.3 Å². The summed E-state index contributed by atoms with van der Waals surface area (Å²) in [5.74, 6) is -0.165. The summed E-state index contributed by atoms with van der Waals surface area (Å²) in [4.78, 5) is 11.8. The van der Waals surface area contributed by atoms with Crippen molar-refractivity contribution in [3.8, 4) is 0 Å². The van der Waals surface area contributed by atoms with Crippen LogP contribution in [-0.4, -0.2) is 22.2 Å². The maximum atomic E-state index is 11.8. The van der Waals surface area contributed by atoms with E-state index in [2.05, 4.69) is 10.4 Å². The molecule has 3 N–H and O–H groups in total. The molecule has 0 bridgehead atoms. The summed E-state index contributed by atoms with van der Waals surface area (Å²) in [6.07, 6.45) is 1.59. The Labute approximate surface area is 106 Å². The van der Waals surface area contributed by atoms with E-state index in [0.717, 1.165) is 5.56 Å². The molecule has 0 aliphatic rings. The predicted octanol–water partition coefficient (Wildman–Crippen LogP) is 0.850. The van der Waals surface area contributed by atoms with Crippen molar-refractivity contribution in [2.45, 2.75) is 6.04 Å². The topological polar surface area (TPSA) is 72.9 Å². The highest BCUT2D eigenvalue weighted by molar-refractivity contribution is 5.92. The number of hydrogen-bond acceptors (Lipinski definition) is 3. The van der Waals surface area contributed by atoms with E-state index in [1.54, 1.807) is 19.3 Å². The fraction of sp³-hybridized carbons (Fsp3) is 0.231. The molecule has 18 heavy (non-hydrogen) atoms. The molecule has 5 nitrogen and oxygen atoms in total. The molecule has 1 aromatic heterocycles. The normalized spacial score (nSPS) is 12.1. The number of benzene rings is 1. The Morgan fingerprint density at radius 3 is 2.72 bits per heavy atom. The Balaban J connectivity index is 1.93. The molecule has 5 heteroatoms. The van der Waals surface area contributed by atoms with Crippen molar-refractivity contribution in [2.24, 2.45) is 12.8 Å². The van der Waals surface area contributed by atoms with E-state index in [1.165, 1.54) is 4.68 Å². The Hall–Kier alpha value is -2.14. The quantitative estimate of drug-likeness (QED) is 0.837. The van der Waals surface area contributed by atoms with Crippen LogP contribution in [0, 0.1) is 0 Å². The van der Waals surface area contributed by atoms with Crippen LogP contribution in [0.2, 0.25) is 0 Å². The monoisotopic (exact) mass is 244 g/mol. The lowest BCUT2D eigenvalue weighted by Crippen LogP contribution is -2.32.